The second-order valence-electron chi connectivity index (χ2n) is 4.85. The summed E-state index contributed by atoms with van der Waals surface area (Å²) >= 11 is 0. The Hall–Kier alpha value is -2.84. The van der Waals surface area contributed by atoms with E-state index in [0.29, 0.717) is 13.1 Å². The molecule has 9 nitrogen and oxygen atoms in total. The molecule has 1 aromatic rings. The molecule has 0 aliphatic heterocycles. The quantitative estimate of drug-likeness (QED) is 0.379. The maximum absolute atomic E-state index is 12.2. The first kappa shape index (κ1) is 20.2. The Bertz CT molecular complexity index is 642. The number of nitrogens with zero attached hydrogens (tertiary/aromatic N) is 2. The van der Waals surface area contributed by atoms with Crippen molar-refractivity contribution in [2.45, 2.75) is 20.8 Å². The summed E-state index contributed by atoms with van der Waals surface area (Å²) in [5.74, 6) is -1.05. The van der Waals surface area contributed by atoms with Crippen LogP contribution in [0.25, 0.3) is 0 Å². The van der Waals surface area contributed by atoms with Gasteiger partial charge in [0.2, 0.25) is 0 Å². The Morgan fingerprint density at radius 3 is 2.28 bits per heavy atom. The van der Waals surface area contributed by atoms with Crippen LogP contribution >= 0.6 is 0 Å². The molecule has 0 saturated carbocycles. The van der Waals surface area contributed by atoms with E-state index in [1.165, 1.54) is 18.1 Å². The average molecular weight is 354 g/mol. The molecule has 0 spiro atoms. The van der Waals surface area contributed by atoms with Crippen LogP contribution in [-0.2, 0) is 9.53 Å². The fourth-order valence-corrected chi connectivity index (χ4v) is 2.16. The van der Waals surface area contributed by atoms with E-state index in [4.69, 9.17) is 14.2 Å². The fourth-order valence-electron chi connectivity index (χ4n) is 2.16. The molecule has 0 unspecified atom stereocenters. The summed E-state index contributed by atoms with van der Waals surface area (Å²) in [5, 5.41) is 11.2. The lowest BCUT2D eigenvalue weighted by molar-refractivity contribution is -0.385. The molecular weight excluding hydrogens is 332 g/mol. The molecule has 9 heteroatoms. The third-order valence-corrected chi connectivity index (χ3v) is 3.44. The van der Waals surface area contributed by atoms with E-state index in [2.05, 4.69) is 0 Å². The molecule has 0 bridgehead atoms. The number of amides is 1. The zero-order valence-electron chi connectivity index (χ0n) is 14.7. The zero-order chi connectivity index (χ0) is 19.0. The first-order valence-electron chi connectivity index (χ1n) is 7.83. The van der Waals surface area contributed by atoms with Crippen molar-refractivity contribution in [1.29, 1.82) is 0 Å². The molecule has 0 aliphatic rings. The molecule has 0 fully saturated rings. The first-order valence-corrected chi connectivity index (χ1v) is 7.83. The van der Waals surface area contributed by atoms with Crippen LogP contribution in [0.4, 0.5) is 5.69 Å². The smallest absolute Gasteiger partial charge is 0.345 e. The molecule has 0 aliphatic carbocycles. The van der Waals surface area contributed by atoms with E-state index in [1.807, 2.05) is 0 Å². The second-order valence-corrected chi connectivity index (χ2v) is 4.85. The van der Waals surface area contributed by atoms with Gasteiger partial charge in [0.05, 0.1) is 24.7 Å². The third kappa shape index (κ3) is 5.07. The molecule has 0 N–H and O–H groups in total. The number of nitro groups is 1. The van der Waals surface area contributed by atoms with Crippen molar-refractivity contribution in [2.75, 3.05) is 33.4 Å². The number of likely N-dealkylation sites (N-methyl/N-ethyl adjacent to an activating group) is 1. The van der Waals surface area contributed by atoms with Crippen molar-refractivity contribution in [2.24, 2.45) is 0 Å². The number of nitro benzene ring substituents is 1. The lowest BCUT2D eigenvalue weighted by Gasteiger charge is -2.18. The minimum atomic E-state index is -0.978. The number of esters is 1. The van der Waals surface area contributed by atoms with Gasteiger partial charge in [0.15, 0.2) is 18.1 Å². The van der Waals surface area contributed by atoms with Crippen LogP contribution in [0.3, 0.4) is 0 Å². The largest absolute Gasteiger partial charge is 0.493 e. The molecule has 0 aromatic heterocycles. The van der Waals surface area contributed by atoms with Crippen molar-refractivity contribution >= 4 is 17.6 Å². The number of methoxy groups -OCH3 is 1. The SMILES string of the molecule is CCOc1cc([N+](=O)[O-])c(C(=O)OCC(=O)N(CC)CC)cc1OC. The van der Waals surface area contributed by atoms with Crippen molar-refractivity contribution < 1.29 is 28.7 Å². The Kier molecular flexibility index (Phi) is 7.64. The minimum absolute atomic E-state index is 0.146. The Labute approximate surface area is 145 Å². The number of carbonyl (C=O) groups excluding carboxylic acids is 2. The van der Waals surface area contributed by atoms with Crippen LogP contribution in [0.1, 0.15) is 31.1 Å². The molecule has 1 aromatic carbocycles. The van der Waals surface area contributed by atoms with Gasteiger partial charge < -0.3 is 19.1 Å². The van der Waals surface area contributed by atoms with Gasteiger partial charge in [0.1, 0.15) is 5.56 Å². The lowest BCUT2D eigenvalue weighted by Crippen LogP contribution is -2.34. The van der Waals surface area contributed by atoms with E-state index in [1.54, 1.807) is 20.8 Å². The number of carbonyl (C=O) groups is 2. The number of hydrogen-bond donors (Lipinski definition) is 0. The van der Waals surface area contributed by atoms with Gasteiger partial charge in [-0.2, -0.15) is 0 Å². The van der Waals surface area contributed by atoms with Gasteiger partial charge in [-0.05, 0) is 20.8 Å². The van der Waals surface area contributed by atoms with Crippen LogP contribution in [0.15, 0.2) is 12.1 Å². The molecule has 0 atom stereocenters. The van der Waals surface area contributed by atoms with Crippen LogP contribution in [0.5, 0.6) is 11.5 Å². The first-order chi connectivity index (χ1) is 11.9. The summed E-state index contributed by atoms with van der Waals surface area (Å²) in [6.07, 6.45) is 0. The van der Waals surface area contributed by atoms with Gasteiger partial charge in [-0.15, -0.1) is 0 Å². The summed E-state index contributed by atoms with van der Waals surface area (Å²) in [6, 6.07) is 2.28. The van der Waals surface area contributed by atoms with Crippen molar-refractivity contribution in [3.8, 4) is 11.5 Å². The fraction of sp³-hybridized carbons (Fsp3) is 0.500. The zero-order valence-corrected chi connectivity index (χ0v) is 14.7. The Morgan fingerprint density at radius 1 is 1.16 bits per heavy atom. The number of rotatable bonds is 9. The molecular formula is C16H22N2O7. The van der Waals surface area contributed by atoms with Gasteiger partial charge >= 0.3 is 5.97 Å². The summed E-state index contributed by atoms with van der Waals surface area (Å²) in [4.78, 5) is 36.1. The predicted molar refractivity (Wildman–Crippen MR) is 89.0 cm³/mol. The van der Waals surface area contributed by atoms with Crippen LogP contribution < -0.4 is 9.47 Å². The summed E-state index contributed by atoms with van der Waals surface area (Å²) in [6.45, 7) is 6.04. The maximum Gasteiger partial charge on any atom is 0.345 e. The maximum atomic E-state index is 12.2. The van der Waals surface area contributed by atoms with Crippen LogP contribution in [-0.4, -0.2) is 55.1 Å². The Balaban J connectivity index is 3.07. The van der Waals surface area contributed by atoms with E-state index < -0.39 is 23.2 Å². The highest BCUT2D eigenvalue weighted by molar-refractivity contribution is 5.96. The molecule has 138 valence electrons. The third-order valence-electron chi connectivity index (χ3n) is 3.44. The normalized spacial score (nSPS) is 10.1. The molecule has 0 saturated heterocycles. The van der Waals surface area contributed by atoms with Crippen LogP contribution in [0.2, 0.25) is 0 Å². The average Bonchev–Trinajstić information content (AvgIpc) is 2.60. The molecule has 25 heavy (non-hydrogen) atoms. The van der Waals surface area contributed by atoms with Crippen molar-refractivity contribution in [3.05, 3.63) is 27.8 Å². The van der Waals surface area contributed by atoms with E-state index in [-0.39, 0.29) is 29.6 Å². The predicted octanol–water partition coefficient (Wildman–Crippen LogP) is 2.03. The molecule has 1 amide bonds. The highest BCUT2D eigenvalue weighted by Crippen LogP contribution is 2.35. The number of hydrogen-bond acceptors (Lipinski definition) is 7. The number of benzene rings is 1. The summed E-state index contributed by atoms with van der Waals surface area (Å²) in [5.41, 5.74) is -0.790. The topological polar surface area (TPSA) is 108 Å². The van der Waals surface area contributed by atoms with Gasteiger partial charge in [0, 0.05) is 19.2 Å². The monoisotopic (exact) mass is 354 g/mol. The molecule has 0 heterocycles. The standard InChI is InChI=1S/C16H22N2O7/c1-5-17(6-2)15(19)10-25-16(20)11-8-13(23-4)14(24-7-3)9-12(11)18(21)22/h8-9H,5-7,10H2,1-4H3. The Morgan fingerprint density at radius 2 is 1.80 bits per heavy atom. The highest BCUT2D eigenvalue weighted by atomic mass is 16.6. The van der Waals surface area contributed by atoms with E-state index >= 15 is 0 Å². The van der Waals surface area contributed by atoms with E-state index in [0.717, 1.165) is 6.07 Å². The molecule has 0 radical (unpaired) electrons. The summed E-state index contributed by atoms with van der Waals surface area (Å²) in [7, 11) is 1.35. The van der Waals surface area contributed by atoms with Gasteiger partial charge in [0.25, 0.3) is 11.6 Å². The summed E-state index contributed by atoms with van der Waals surface area (Å²) < 4.78 is 15.3. The van der Waals surface area contributed by atoms with Crippen molar-refractivity contribution in [1.82, 2.24) is 4.90 Å². The lowest BCUT2D eigenvalue weighted by atomic mass is 10.1. The van der Waals surface area contributed by atoms with E-state index in [9.17, 15) is 19.7 Å². The molecule has 1 rings (SSSR count). The van der Waals surface area contributed by atoms with Gasteiger partial charge in [-0.1, -0.05) is 0 Å². The van der Waals surface area contributed by atoms with Gasteiger partial charge in [-0.25, -0.2) is 4.79 Å². The van der Waals surface area contributed by atoms with Crippen LogP contribution in [0, 0.1) is 10.1 Å². The van der Waals surface area contributed by atoms with Gasteiger partial charge in [-0.3, -0.25) is 14.9 Å². The van der Waals surface area contributed by atoms with Crippen molar-refractivity contribution in [3.63, 3.8) is 0 Å². The second kappa shape index (κ2) is 9.45. The highest BCUT2D eigenvalue weighted by Gasteiger charge is 2.26. The minimum Gasteiger partial charge on any atom is -0.493 e. The number of ether oxygens (including phenoxy) is 3.